The minimum Gasteiger partial charge on any atom is -0.481 e. The molecule has 7 nitrogen and oxygen atoms in total. The number of thiazole rings is 1. The Labute approximate surface area is 148 Å². The second-order valence-electron chi connectivity index (χ2n) is 6.15. The number of carbonyl (C=O) groups excluding carboxylic acids is 1. The fourth-order valence-electron chi connectivity index (χ4n) is 3.05. The fourth-order valence-corrected chi connectivity index (χ4v) is 3.82. The molecule has 0 aliphatic heterocycles. The van der Waals surface area contributed by atoms with Crippen molar-refractivity contribution in [2.45, 2.75) is 32.6 Å². The van der Waals surface area contributed by atoms with Gasteiger partial charge in [-0.05, 0) is 38.2 Å². The summed E-state index contributed by atoms with van der Waals surface area (Å²) in [6.07, 6.45) is 5.22. The first-order valence-corrected chi connectivity index (χ1v) is 8.79. The second-order valence-corrected chi connectivity index (χ2v) is 7.15. The smallest absolute Gasteiger partial charge is 0.306 e. The van der Waals surface area contributed by atoms with Gasteiger partial charge in [0.25, 0.3) is 0 Å². The number of amides is 1. The molecule has 2 aromatic rings. The summed E-state index contributed by atoms with van der Waals surface area (Å²) >= 11 is 1.12. The summed E-state index contributed by atoms with van der Waals surface area (Å²) in [6.45, 7) is 1.86. The van der Waals surface area contributed by atoms with Crippen LogP contribution in [0.2, 0.25) is 0 Å². The SMILES string of the molecule is Cc1cocc1-c1nc(NC(=O)C2CCC(C(=O)O)CC2)sc1C#N. The molecule has 25 heavy (non-hydrogen) atoms. The van der Waals surface area contributed by atoms with E-state index in [4.69, 9.17) is 9.52 Å². The predicted octanol–water partition coefficient (Wildman–Crippen LogP) is 3.41. The average Bonchev–Trinajstić information content (AvgIpc) is 3.20. The molecule has 0 saturated heterocycles. The van der Waals surface area contributed by atoms with Gasteiger partial charge in [0.2, 0.25) is 5.91 Å². The van der Waals surface area contributed by atoms with Crippen LogP contribution in [0, 0.1) is 30.1 Å². The van der Waals surface area contributed by atoms with Gasteiger partial charge in [0.1, 0.15) is 16.6 Å². The first-order chi connectivity index (χ1) is 12.0. The number of rotatable bonds is 4. The summed E-state index contributed by atoms with van der Waals surface area (Å²) in [6, 6.07) is 2.10. The van der Waals surface area contributed by atoms with Crippen molar-refractivity contribution < 1.29 is 19.1 Å². The highest BCUT2D eigenvalue weighted by molar-refractivity contribution is 7.16. The van der Waals surface area contributed by atoms with E-state index in [1.54, 1.807) is 6.26 Å². The number of aliphatic carboxylic acids is 1. The van der Waals surface area contributed by atoms with E-state index in [9.17, 15) is 14.9 Å². The lowest BCUT2D eigenvalue weighted by Gasteiger charge is -2.24. The van der Waals surface area contributed by atoms with Crippen LogP contribution in [0.3, 0.4) is 0 Å². The molecule has 0 aromatic carbocycles. The van der Waals surface area contributed by atoms with Gasteiger partial charge in [0.05, 0.1) is 18.4 Å². The number of nitrogens with zero attached hydrogens (tertiary/aromatic N) is 2. The third-order valence-corrected chi connectivity index (χ3v) is 5.39. The molecular weight excluding hydrogens is 342 g/mol. The lowest BCUT2D eigenvalue weighted by atomic mass is 9.81. The van der Waals surface area contributed by atoms with Crippen LogP contribution < -0.4 is 5.32 Å². The van der Waals surface area contributed by atoms with E-state index in [0.29, 0.717) is 41.4 Å². The Morgan fingerprint density at radius 1 is 1.32 bits per heavy atom. The van der Waals surface area contributed by atoms with Crippen LogP contribution in [0.5, 0.6) is 0 Å². The lowest BCUT2D eigenvalue weighted by Crippen LogP contribution is -2.29. The fraction of sp³-hybridized carbons (Fsp3) is 0.412. The molecule has 1 aliphatic rings. The van der Waals surface area contributed by atoms with Crippen LogP contribution in [0.1, 0.15) is 36.1 Å². The van der Waals surface area contributed by atoms with Crippen LogP contribution in [-0.2, 0) is 9.59 Å². The Bertz CT molecular complexity index is 840. The van der Waals surface area contributed by atoms with E-state index in [1.807, 2.05) is 6.92 Å². The van der Waals surface area contributed by atoms with Crippen LogP contribution in [0.15, 0.2) is 16.9 Å². The number of hydrogen-bond acceptors (Lipinski definition) is 6. The highest BCUT2D eigenvalue weighted by Gasteiger charge is 2.30. The van der Waals surface area contributed by atoms with E-state index < -0.39 is 5.97 Å². The molecule has 2 heterocycles. The van der Waals surface area contributed by atoms with E-state index in [-0.39, 0.29) is 17.7 Å². The molecular formula is C17H17N3O4S. The Morgan fingerprint density at radius 2 is 2.00 bits per heavy atom. The van der Waals surface area contributed by atoms with Crippen LogP contribution >= 0.6 is 11.3 Å². The van der Waals surface area contributed by atoms with Crippen molar-refractivity contribution in [1.29, 1.82) is 5.26 Å². The summed E-state index contributed by atoms with van der Waals surface area (Å²) in [5.74, 6) is -1.54. The van der Waals surface area contributed by atoms with Gasteiger partial charge in [-0.15, -0.1) is 0 Å². The molecule has 1 aliphatic carbocycles. The number of furan rings is 1. The predicted molar refractivity (Wildman–Crippen MR) is 91.0 cm³/mol. The summed E-state index contributed by atoms with van der Waals surface area (Å²) in [5.41, 5.74) is 2.10. The number of nitrogens with one attached hydrogen (secondary N) is 1. The maximum absolute atomic E-state index is 12.4. The van der Waals surface area contributed by atoms with Crippen molar-refractivity contribution in [3.8, 4) is 17.3 Å². The number of carboxylic acids is 1. The normalized spacial score (nSPS) is 20.0. The van der Waals surface area contributed by atoms with Gasteiger partial charge >= 0.3 is 5.97 Å². The van der Waals surface area contributed by atoms with Crippen LogP contribution in [0.25, 0.3) is 11.3 Å². The molecule has 8 heteroatoms. The molecule has 0 spiro atoms. The maximum Gasteiger partial charge on any atom is 0.306 e. The second kappa shape index (κ2) is 7.07. The molecule has 2 N–H and O–H groups in total. The standard InChI is InChI=1S/C17H17N3O4S/c1-9-7-24-8-12(9)14-13(6-18)25-17(19-14)20-15(21)10-2-4-11(5-3-10)16(22)23/h7-8,10-11H,2-5H2,1H3,(H,22,23)(H,19,20,21). The highest BCUT2D eigenvalue weighted by Crippen LogP contribution is 2.34. The van der Waals surface area contributed by atoms with Crippen molar-refractivity contribution in [2.75, 3.05) is 5.32 Å². The van der Waals surface area contributed by atoms with Crippen molar-refractivity contribution >= 4 is 28.3 Å². The first kappa shape index (κ1) is 17.2. The minimum absolute atomic E-state index is 0.169. The largest absolute Gasteiger partial charge is 0.481 e. The summed E-state index contributed by atoms with van der Waals surface area (Å²) < 4.78 is 5.13. The molecule has 130 valence electrons. The van der Waals surface area contributed by atoms with Gasteiger partial charge in [0.15, 0.2) is 5.13 Å². The molecule has 0 radical (unpaired) electrons. The van der Waals surface area contributed by atoms with E-state index >= 15 is 0 Å². The minimum atomic E-state index is -0.794. The van der Waals surface area contributed by atoms with Gasteiger partial charge in [-0.3, -0.25) is 9.59 Å². The number of carboxylic acid groups (broad SMARTS) is 1. The highest BCUT2D eigenvalue weighted by atomic mass is 32.1. The Kier molecular flexibility index (Phi) is 4.86. The Hall–Kier alpha value is -2.66. The van der Waals surface area contributed by atoms with Gasteiger partial charge in [-0.1, -0.05) is 11.3 Å². The quantitative estimate of drug-likeness (QED) is 0.864. The zero-order valence-corrected chi connectivity index (χ0v) is 14.4. The number of aryl methyl sites for hydroxylation is 1. The summed E-state index contributed by atoms with van der Waals surface area (Å²) in [5, 5.41) is 21.5. The van der Waals surface area contributed by atoms with E-state index in [1.165, 1.54) is 6.26 Å². The van der Waals surface area contributed by atoms with Crippen molar-refractivity contribution in [3.05, 3.63) is 23.0 Å². The van der Waals surface area contributed by atoms with Crippen LogP contribution in [-0.4, -0.2) is 22.0 Å². The summed E-state index contributed by atoms with van der Waals surface area (Å²) in [7, 11) is 0. The zero-order chi connectivity index (χ0) is 18.0. The number of aromatic nitrogens is 1. The van der Waals surface area contributed by atoms with Crippen molar-refractivity contribution in [3.63, 3.8) is 0 Å². The van der Waals surface area contributed by atoms with Gasteiger partial charge in [-0.25, -0.2) is 4.98 Å². The molecule has 1 amide bonds. The monoisotopic (exact) mass is 359 g/mol. The van der Waals surface area contributed by atoms with Gasteiger partial charge in [-0.2, -0.15) is 5.26 Å². The number of carbonyl (C=O) groups is 2. The van der Waals surface area contributed by atoms with Gasteiger partial charge < -0.3 is 14.8 Å². The molecule has 0 unspecified atom stereocenters. The van der Waals surface area contributed by atoms with Crippen LogP contribution in [0.4, 0.5) is 5.13 Å². The van der Waals surface area contributed by atoms with Crippen molar-refractivity contribution in [2.24, 2.45) is 11.8 Å². The van der Waals surface area contributed by atoms with Gasteiger partial charge in [0, 0.05) is 11.5 Å². The Morgan fingerprint density at radius 3 is 2.56 bits per heavy atom. The topological polar surface area (TPSA) is 116 Å². The Balaban J connectivity index is 1.71. The molecule has 1 fully saturated rings. The maximum atomic E-state index is 12.4. The van der Waals surface area contributed by atoms with E-state index in [0.717, 1.165) is 22.5 Å². The van der Waals surface area contributed by atoms with Crippen molar-refractivity contribution in [1.82, 2.24) is 4.98 Å². The lowest BCUT2D eigenvalue weighted by molar-refractivity contribution is -0.143. The zero-order valence-electron chi connectivity index (χ0n) is 13.6. The molecule has 2 aromatic heterocycles. The third-order valence-electron chi connectivity index (χ3n) is 4.52. The number of anilines is 1. The molecule has 0 bridgehead atoms. The van der Waals surface area contributed by atoms with E-state index in [2.05, 4.69) is 16.4 Å². The molecule has 1 saturated carbocycles. The average molecular weight is 359 g/mol. The number of hydrogen-bond donors (Lipinski definition) is 2. The molecule has 0 atom stereocenters. The first-order valence-electron chi connectivity index (χ1n) is 7.97. The summed E-state index contributed by atoms with van der Waals surface area (Å²) in [4.78, 5) is 28.2. The number of nitriles is 1. The third kappa shape index (κ3) is 3.56. The molecule has 3 rings (SSSR count).